The molecule has 1 aliphatic carbocycles. The summed E-state index contributed by atoms with van der Waals surface area (Å²) < 4.78 is 11.1. The van der Waals surface area contributed by atoms with Crippen molar-refractivity contribution in [2.45, 2.75) is 32.8 Å². The van der Waals surface area contributed by atoms with Gasteiger partial charge in [-0.25, -0.2) is 0 Å². The Bertz CT molecular complexity index is 406. The molecule has 1 saturated carbocycles. The number of nitrogens with zero attached hydrogens (tertiary/aromatic N) is 1. The second-order valence-corrected chi connectivity index (χ2v) is 5.19. The Kier molecular flexibility index (Phi) is 4.85. The molecular weight excluding hydrogens is 242 g/mol. The lowest BCUT2D eigenvalue weighted by atomic mass is 10.4. The van der Waals surface area contributed by atoms with Crippen molar-refractivity contribution >= 4 is 11.5 Å². The number of nitrogens with one attached hydrogen (secondary N) is 1. The average Bonchev–Trinajstić information content (AvgIpc) is 3.18. The first kappa shape index (κ1) is 13.9. The molecule has 0 bridgehead atoms. The normalized spacial score (nSPS) is 14.7. The summed E-state index contributed by atoms with van der Waals surface area (Å²) in [7, 11) is 0. The summed E-state index contributed by atoms with van der Waals surface area (Å²) in [4.78, 5) is 4.37. The summed E-state index contributed by atoms with van der Waals surface area (Å²) in [5.41, 5.74) is 6.44. The third kappa shape index (κ3) is 4.95. The molecule has 106 valence electrons. The molecule has 2 rings (SSSR count). The van der Waals surface area contributed by atoms with Crippen LogP contribution < -0.4 is 15.8 Å². The van der Waals surface area contributed by atoms with Crippen LogP contribution in [0.1, 0.15) is 26.7 Å². The maximum atomic E-state index is 5.85. The molecule has 0 amide bonds. The predicted molar refractivity (Wildman–Crippen MR) is 76.4 cm³/mol. The SMILES string of the molecule is CC(C)OCCNc1ccc(N)c(OCC2CC2)n1. The molecule has 0 spiro atoms. The molecule has 1 aromatic rings. The number of hydrogen-bond donors (Lipinski definition) is 2. The maximum absolute atomic E-state index is 5.85. The first-order valence-electron chi connectivity index (χ1n) is 6.90. The van der Waals surface area contributed by atoms with Gasteiger partial charge in [-0.2, -0.15) is 4.98 Å². The minimum absolute atomic E-state index is 0.249. The minimum Gasteiger partial charge on any atom is -0.476 e. The van der Waals surface area contributed by atoms with Gasteiger partial charge in [-0.1, -0.05) is 0 Å². The molecule has 5 heteroatoms. The molecule has 0 aromatic carbocycles. The summed E-state index contributed by atoms with van der Waals surface area (Å²) in [6.45, 7) is 6.13. The number of hydrogen-bond acceptors (Lipinski definition) is 5. The molecule has 1 aromatic heterocycles. The number of pyridine rings is 1. The Hall–Kier alpha value is -1.49. The fourth-order valence-corrected chi connectivity index (χ4v) is 1.62. The zero-order valence-electron chi connectivity index (χ0n) is 11.7. The van der Waals surface area contributed by atoms with Crippen molar-refractivity contribution in [1.82, 2.24) is 4.98 Å². The van der Waals surface area contributed by atoms with E-state index in [2.05, 4.69) is 10.3 Å². The van der Waals surface area contributed by atoms with E-state index in [0.29, 0.717) is 24.1 Å². The van der Waals surface area contributed by atoms with Crippen molar-refractivity contribution in [3.63, 3.8) is 0 Å². The van der Waals surface area contributed by atoms with Crippen LogP contribution in [-0.2, 0) is 4.74 Å². The second kappa shape index (κ2) is 6.61. The van der Waals surface area contributed by atoms with Crippen LogP contribution in [-0.4, -0.2) is 30.8 Å². The van der Waals surface area contributed by atoms with E-state index >= 15 is 0 Å². The molecule has 0 radical (unpaired) electrons. The topological polar surface area (TPSA) is 69.4 Å². The van der Waals surface area contributed by atoms with Gasteiger partial charge in [0.2, 0.25) is 5.88 Å². The Balaban J connectivity index is 1.80. The number of anilines is 2. The van der Waals surface area contributed by atoms with E-state index in [1.54, 1.807) is 0 Å². The zero-order valence-corrected chi connectivity index (χ0v) is 11.7. The van der Waals surface area contributed by atoms with Gasteiger partial charge in [0.25, 0.3) is 0 Å². The molecule has 1 heterocycles. The van der Waals surface area contributed by atoms with Crippen molar-refractivity contribution in [2.24, 2.45) is 5.92 Å². The lowest BCUT2D eigenvalue weighted by Crippen LogP contribution is -2.14. The highest BCUT2D eigenvalue weighted by molar-refractivity contribution is 5.53. The number of nitrogens with two attached hydrogens (primary N) is 1. The monoisotopic (exact) mass is 265 g/mol. The van der Waals surface area contributed by atoms with Crippen molar-refractivity contribution < 1.29 is 9.47 Å². The van der Waals surface area contributed by atoms with Gasteiger partial charge in [0.15, 0.2) is 0 Å². The number of nitrogen functional groups attached to an aromatic ring is 1. The minimum atomic E-state index is 0.249. The van der Waals surface area contributed by atoms with Gasteiger partial charge in [-0.15, -0.1) is 0 Å². The number of aromatic nitrogens is 1. The molecule has 19 heavy (non-hydrogen) atoms. The largest absolute Gasteiger partial charge is 0.476 e. The molecule has 0 atom stereocenters. The lowest BCUT2D eigenvalue weighted by Gasteiger charge is -2.11. The fraction of sp³-hybridized carbons (Fsp3) is 0.643. The molecule has 3 N–H and O–H groups in total. The molecule has 1 aliphatic rings. The van der Waals surface area contributed by atoms with E-state index < -0.39 is 0 Å². The van der Waals surface area contributed by atoms with Crippen molar-refractivity contribution in [2.75, 3.05) is 30.8 Å². The quantitative estimate of drug-likeness (QED) is 0.706. The number of ether oxygens (including phenoxy) is 2. The molecule has 0 unspecified atom stereocenters. The lowest BCUT2D eigenvalue weighted by molar-refractivity contribution is 0.0870. The Morgan fingerprint density at radius 3 is 2.89 bits per heavy atom. The average molecular weight is 265 g/mol. The van der Waals surface area contributed by atoms with Crippen LogP contribution in [0, 0.1) is 5.92 Å². The standard InChI is InChI=1S/C14H23N3O2/c1-10(2)18-8-7-16-13-6-5-12(15)14(17-13)19-9-11-3-4-11/h5-6,10-11H,3-4,7-9,15H2,1-2H3,(H,16,17). The molecule has 0 saturated heterocycles. The Morgan fingerprint density at radius 1 is 1.42 bits per heavy atom. The second-order valence-electron chi connectivity index (χ2n) is 5.19. The van der Waals surface area contributed by atoms with Crippen molar-refractivity contribution in [3.8, 4) is 5.88 Å². The predicted octanol–water partition coefficient (Wildman–Crippen LogP) is 2.29. The van der Waals surface area contributed by atoms with Crippen LogP contribution in [0.2, 0.25) is 0 Å². The summed E-state index contributed by atoms with van der Waals surface area (Å²) in [5.74, 6) is 1.99. The van der Waals surface area contributed by atoms with Crippen molar-refractivity contribution in [3.05, 3.63) is 12.1 Å². The first-order valence-corrected chi connectivity index (χ1v) is 6.90. The van der Waals surface area contributed by atoms with Gasteiger partial charge in [-0.05, 0) is 44.7 Å². The highest BCUT2D eigenvalue weighted by atomic mass is 16.5. The third-order valence-electron chi connectivity index (χ3n) is 2.90. The van der Waals surface area contributed by atoms with Crippen LogP contribution in [0.5, 0.6) is 5.88 Å². The summed E-state index contributed by atoms with van der Waals surface area (Å²) in [6, 6.07) is 3.68. The van der Waals surface area contributed by atoms with E-state index in [9.17, 15) is 0 Å². The van der Waals surface area contributed by atoms with Gasteiger partial charge < -0.3 is 20.5 Å². The third-order valence-corrected chi connectivity index (χ3v) is 2.90. The van der Waals surface area contributed by atoms with E-state index in [-0.39, 0.29) is 6.10 Å². The molecule has 5 nitrogen and oxygen atoms in total. The summed E-state index contributed by atoms with van der Waals surface area (Å²) >= 11 is 0. The van der Waals surface area contributed by atoms with E-state index in [4.69, 9.17) is 15.2 Å². The highest BCUT2D eigenvalue weighted by Crippen LogP contribution is 2.30. The smallest absolute Gasteiger partial charge is 0.239 e. The summed E-state index contributed by atoms with van der Waals surface area (Å²) in [5, 5.41) is 3.20. The van der Waals surface area contributed by atoms with Crippen LogP contribution >= 0.6 is 0 Å². The van der Waals surface area contributed by atoms with Crippen LogP contribution in [0.15, 0.2) is 12.1 Å². The Labute approximate surface area is 114 Å². The van der Waals surface area contributed by atoms with Crippen molar-refractivity contribution in [1.29, 1.82) is 0 Å². The fourth-order valence-electron chi connectivity index (χ4n) is 1.62. The van der Waals surface area contributed by atoms with E-state index in [1.807, 2.05) is 26.0 Å². The molecule has 0 aliphatic heterocycles. The molecular formula is C14H23N3O2. The van der Waals surface area contributed by atoms with Gasteiger partial charge >= 0.3 is 0 Å². The first-order chi connectivity index (χ1) is 9.15. The number of rotatable bonds is 8. The highest BCUT2D eigenvalue weighted by Gasteiger charge is 2.22. The van der Waals surface area contributed by atoms with Gasteiger partial charge in [0.05, 0.1) is 25.0 Å². The van der Waals surface area contributed by atoms with E-state index in [0.717, 1.165) is 19.0 Å². The molecule has 1 fully saturated rings. The van der Waals surface area contributed by atoms with Crippen LogP contribution in [0.25, 0.3) is 0 Å². The van der Waals surface area contributed by atoms with Gasteiger partial charge in [0, 0.05) is 6.54 Å². The van der Waals surface area contributed by atoms with Gasteiger partial charge in [-0.3, -0.25) is 0 Å². The van der Waals surface area contributed by atoms with Crippen LogP contribution in [0.3, 0.4) is 0 Å². The van der Waals surface area contributed by atoms with Crippen LogP contribution in [0.4, 0.5) is 11.5 Å². The summed E-state index contributed by atoms with van der Waals surface area (Å²) in [6.07, 6.45) is 2.76. The van der Waals surface area contributed by atoms with E-state index in [1.165, 1.54) is 12.8 Å². The van der Waals surface area contributed by atoms with Gasteiger partial charge in [0.1, 0.15) is 5.82 Å². The zero-order chi connectivity index (χ0) is 13.7. The Morgan fingerprint density at radius 2 is 2.21 bits per heavy atom. The maximum Gasteiger partial charge on any atom is 0.239 e.